The molecule has 5 saturated heterocycles. The minimum atomic E-state index is -1.95. The van der Waals surface area contributed by atoms with E-state index in [9.17, 15) is 4.79 Å². The lowest BCUT2D eigenvalue weighted by atomic mass is 9.71. The molecule has 0 N–H and O–H groups in total. The molecular weight excluding hydrogens is 370 g/mol. The standard InChI is InChI=1S/C22H37NO4Si/c1-12(2)28(13(3)4,14(5)6)25-11-21-17-8-9-23(21)16-10-18(21)26-22(17)19(16)15(7)20(24)27-22/h12-19H,8-11H2,1-7H3/t15-,16-,17+,18-,19?,21-,22+/m0/s1. The maximum absolute atomic E-state index is 12.5. The zero-order valence-corrected chi connectivity index (χ0v) is 19.5. The van der Waals surface area contributed by atoms with Gasteiger partial charge in [-0.05, 0) is 36.0 Å². The van der Waals surface area contributed by atoms with Gasteiger partial charge >= 0.3 is 5.97 Å². The van der Waals surface area contributed by atoms with Gasteiger partial charge in [0.25, 0.3) is 0 Å². The van der Waals surface area contributed by atoms with Crippen LogP contribution in [0, 0.1) is 17.8 Å². The van der Waals surface area contributed by atoms with Crippen LogP contribution >= 0.6 is 0 Å². The van der Waals surface area contributed by atoms with Gasteiger partial charge in [-0.25, -0.2) is 0 Å². The average Bonchev–Trinajstić information content (AvgIpc) is 3.21. The SMILES string of the molecule is CC(C)[Si](OC[C@@]12[C@@H]3C[C@H]4C5[C@H](C)C(=O)O[C@]5(O3)[C@@H]1CCN42)(C(C)C)C(C)C. The van der Waals surface area contributed by atoms with Gasteiger partial charge in [0.2, 0.25) is 5.79 Å². The van der Waals surface area contributed by atoms with Gasteiger partial charge in [-0.15, -0.1) is 0 Å². The van der Waals surface area contributed by atoms with Crippen LogP contribution in [0.1, 0.15) is 61.3 Å². The number of piperidine rings is 1. The Kier molecular flexibility index (Phi) is 4.07. The maximum atomic E-state index is 12.5. The second kappa shape index (κ2) is 5.83. The fourth-order valence-corrected chi connectivity index (χ4v) is 14.0. The van der Waals surface area contributed by atoms with Gasteiger partial charge in [0, 0.05) is 12.0 Å². The molecule has 5 rings (SSSR count). The minimum Gasteiger partial charge on any atom is -0.432 e. The highest BCUT2D eigenvalue weighted by atomic mass is 28.4. The minimum absolute atomic E-state index is 0.0541. The summed E-state index contributed by atoms with van der Waals surface area (Å²) < 4.78 is 19.8. The third-order valence-electron chi connectivity index (χ3n) is 9.33. The lowest BCUT2D eigenvalue weighted by molar-refractivity contribution is -0.258. The largest absolute Gasteiger partial charge is 0.432 e. The van der Waals surface area contributed by atoms with Crippen molar-refractivity contribution in [3.8, 4) is 0 Å². The first-order valence-corrected chi connectivity index (χ1v) is 13.6. The Balaban J connectivity index is 1.50. The number of nitrogens with zero attached hydrogens (tertiary/aromatic N) is 1. The Morgan fingerprint density at radius 2 is 1.82 bits per heavy atom. The third kappa shape index (κ3) is 1.92. The predicted molar refractivity (Wildman–Crippen MR) is 109 cm³/mol. The quantitative estimate of drug-likeness (QED) is 0.493. The van der Waals surface area contributed by atoms with Crippen LogP contribution in [-0.2, 0) is 18.7 Å². The number of ether oxygens (including phenoxy) is 2. The normalized spacial score (nSPS) is 48.4. The number of carbonyl (C=O) groups is 1. The number of carbonyl (C=O) groups excluding carboxylic acids is 1. The first kappa shape index (κ1) is 19.5. The zero-order chi connectivity index (χ0) is 20.2. The first-order valence-electron chi connectivity index (χ1n) is 11.4. The van der Waals surface area contributed by atoms with Gasteiger partial charge in [0.1, 0.15) is 0 Å². The lowest BCUT2D eigenvalue weighted by Crippen LogP contribution is -2.64. The Morgan fingerprint density at radius 1 is 1.18 bits per heavy atom. The number of esters is 1. The number of hydrogen-bond acceptors (Lipinski definition) is 5. The van der Waals surface area contributed by atoms with E-state index in [1.54, 1.807) is 0 Å². The second-order valence-electron chi connectivity index (χ2n) is 11.0. The molecule has 0 aromatic heterocycles. The second-order valence-corrected chi connectivity index (χ2v) is 16.5. The number of hydrogen-bond donors (Lipinski definition) is 0. The molecule has 2 unspecified atom stereocenters. The summed E-state index contributed by atoms with van der Waals surface area (Å²) in [6.45, 7) is 18.0. The van der Waals surface area contributed by atoms with E-state index in [0.717, 1.165) is 26.0 Å². The van der Waals surface area contributed by atoms with E-state index in [0.29, 0.717) is 22.7 Å². The average molecular weight is 408 g/mol. The van der Waals surface area contributed by atoms with Crippen LogP contribution in [-0.4, -0.2) is 55.8 Å². The number of fused-ring (bicyclic) bond motifs is 1. The van der Waals surface area contributed by atoms with Crippen LogP contribution in [0.25, 0.3) is 0 Å². The van der Waals surface area contributed by atoms with Crippen molar-refractivity contribution in [3.63, 3.8) is 0 Å². The van der Waals surface area contributed by atoms with Crippen molar-refractivity contribution in [2.75, 3.05) is 13.2 Å². The smallest absolute Gasteiger partial charge is 0.311 e. The highest BCUT2D eigenvalue weighted by Gasteiger charge is 2.85. The Labute approximate surface area is 170 Å². The number of rotatable bonds is 6. The summed E-state index contributed by atoms with van der Waals surface area (Å²) in [7, 11) is -1.95. The maximum Gasteiger partial charge on any atom is 0.311 e. The molecule has 8 atom stereocenters. The van der Waals surface area contributed by atoms with Crippen molar-refractivity contribution in [3.05, 3.63) is 0 Å². The molecular formula is C22H37NO4Si. The van der Waals surface area contributed by atoms with Crippen molar-refractivity contribution >= 4 is 14.3 Å². The van der Waals surface area contributed by atoms with E-state index in [1.165, 1.54) is 0 Å². The van der Waals surface area contributed by atoms with Gasteiger partial charge < -0.3 is 13.9 Å². The highest BCUT2D eigenvalue weighted by molar-refractivity contribution is 6.77. The Bertz CT molecular complexity index is 674. The van der Waals surface area contributed by atoms with E-state index in [4.69, 9.17) is 13.9 Å². The van der Waals surface area contributed by atoms with Crippen LogP contribution < -0.4 is 0 Å². The lowest BCUT2D eigenvalue weighted by Gasteiger charge is -2.50. The predicted octanol–water partition coefficient (Wildman–Crippen LogP) is 3.93. The Morgan fingerprint density at radius 3 is 2.43 bits per heavy atom. The topological polar surface area (TPSA) is 48.0 Å². The van der Waals surface area contributed by atoms with E-state index in [2.05, 4.69) is 46.4 Å². The molecule has 0 aromatic rings. The fourth-order valence-electron chi connectivity index (χ4n) is 8.54. The molecule has 0 aromatic carbocycles. The summed E-state index contributed by atoms with van der Waals surface area (Å²) in [5, 5.41) is 0. The van der Waals surface area contributed by atoms with E-state index in [-0.39, 0.29) is 35.4 Å². The van der Waals surface area contributed by atoms with E-state index < -0.39 is 14.1 Å². The van der Waals surface area contributed by atoms with Crippen LogP contribution in [0.15, 0.2) is 0 Å². The summed E-state index contributed by atoms with van der Waals surface area (Å²) in [6, 6.07) is 0.413. The summed E-state index contributed by atoms with van der Waals surface area (Å²) in [5.74, 6) is -0.321. The third-order valence-corrected chi connectivity index (χ3v) is 15.4. The Hall–Kier alpha value is -0.433. The molecule has 0 amide bonds. The zero-order valence-electron chi connectivity index (χ0n) is 18.5. The van der Waals surface area contributed by atoms with Gasteiger partial charge in [-0.3, -0.25) is 9.69 Å². The van der Waals surface area contributed by atoms with Crippen molar-refractivity contribution in [1.29, 1.82) is 0 Å². The van der Waals surface area contributed by atoms with Gasteiger partial charge in [0.15, 0.2) is 8.32 Å². The monoisotopic (exact) mass is 407 g/mol. The first-order chi connectivity index (χ1) is 13.1. The molecule has 5 bridgehead atoms. The summed E-state index contributed by atoms with van der Waals surface area (Å²) in [4.78, 5) is 15.2. The molecule has 158 valence electrons. The highest BCUT2D eigenvalue weighted by Crippen LogP contribution is 2.70. The van der Waals surface area contributed by atoms with Crippen molar-refractivity contribution in [2.45, 2.75) is 101 Å². The van der Waals surface area contributed by atoms with Crippen molar-refractivity contribution in [1.82, 2.24) is 4.90 Å². The van der Waals surface area contributed by atoms with Crippen LogP contribution in [0.3, 0.4) is 0 Å². The van der Waals surface area contributed by atoms with Gasteiger partial charge in [-0.1, -0.05) is 48.5 Å². The molecule has 1 spiro atoms. The molecule has 5 aliphatic rings. The molecule has 0 saturated carbocycles. The van der Waals surface area contributed by atoms with Crippen LogP contribution in [0.4, 0.5) is 0 Å². The molecule has 5 aliphatic heterocycles. The fraction of sp³-hybridized carbons (Fsp3) is 0.955. The molecule has 5 heterocycles. The van der Waals surface area contributed by atoms with Crippen LogP contribution in [0.2, 0.25) is 16.6 Å². The summed E-state index contributed by atoms with van der Waals surface area (Å²) in [6.07, 6.45) is 2.25. The summed E-state index contributed by atoms with van der Waals surface area (Å²) >= 11 is 0. The van der Waals surface area contributed by atoms with Crippen LogP contribution in [0.5, 0.6) is 0 Å². The van der Waals surface area contributed by atoms with E-state index >= 15 is 0 Å². The van der Waals surface area contributed by atoms with Crippen molar-refractivity contribution < 1.29 is 18.7 Å². The molecule has 5 fully saturated rings. The van der Waals surface area contributed by atoms with E-state index in [1.807, 2.05) is 6.92 Å². The molecule has 0 radical (unpaired) electrons. The molecule has 5 nitrogen and oxygen atoms in total. The molecule has 0 aliphatic carbocycles. The summed E-state index contributed by atoms with van der Waals surface area (Å²) in [5.41, 5.74) is 1.64. The van der Waals surface area contributed by atoms with Gasteiger partial charge in [-0.2, -0.15) is 0 Å². The van der Waals surface area contributed by atoms with Crippen molar-refractivity contribution in [2.24, 2.45) is 17.8 Å². The van der Waals surface area contributed by atoms with Gasteiger partial charge in [0.05, 0.1) is 30.1 Å². The molecule has 6 heteroatoms. The molecule has 28 heavy (non-hydrogen) atoms.